The lowest BCUT2D eigenvalue weighted by Crippen LogP contribution is -2.38. The summed E-state index contributed by atoms with van der Waals surface area (Å²) in [6.45, 7) is 6.82. The van der Waals surface area contributed by atoms with Crippen LogP contribution < -0.4 is 4.90 Å². The number of aryl methyl sites for hydroxylation is 1. The molecule has 4 heteroatoms. The maximum Gasteiger partial charge on any atom is 0.186 e. The number of ketones is 1. The van der Waals surface area contributed by atoms with Crippen LogP contribution in [0, 0.1) is 11.8 Å². The lowest BCUT2D eigenvalue weighted by molar-refractivity contribution is 0.0968. The lowest BCUT2D eigenvalue weighted by atomic mass is 9.89. The number of rotatable bonds is 1. The molecule has 2 atom stereocenters. The van der Waals surface area contributed by atoms with E-state index in [2.05, 4.69) is 23.7 Å². The molecule has 1 aliphatic carbocycles. The van der Waals surface area contributed by atoms with E-state index in [4.69, 9.17) is 0 Å². The molecule has 98 valence electrons. The first-order valence-corrected chi connectivity index (χ1v) is 7.74. The molecule has 2 aliphatic rings. The van der Waals surface area contributed by atoms with Crippen LogP contribution in [0.25, 0.3) is 0 Å². The van der Waals surface area contributed by atoms with Crippen molar-refractivity contribution in [3.63, 3.8) is 0 Å². The fraction of sp³-hybridized carbons (Fsp3) is 0.714. The minimum atomic E-state index is 0.247. The van der Waals surface area contributed by atoms with Gasteiger partial charge >= 0.3 is 0 Å². The van der Waals surface area contributed by atoms with E-state index in [-0.39, 0.29) is 5.78 Å². The Hall–Kier alpha value is -0.900. The van der Waals surface area contributed by atoms with Gasteiger partial charge in [-0.3, -0.25) is 4.79 Å². The molecule has 18 heavy (non-hydrogen) atoms. The molecule has 0 N–H and O–H groups in total. The van der Waals surface area contributed by atoms with Crippen LogP contribution in [0.4, 0.5) is 5.13 Å². The summed E-state index contributed by atoms with van der Waals surface area (Å²) >= 11 is 1.74. The van der Waals surface area contributed by atoms with Crippen LogP contribution in [0.15, 0.2) is 0 Å². The highest BCUT2D eigenvalue weighted by atomic mass is 32.1. The highest BCUT2D eigenvalue weighted by Gasteiger charge is 2.28. The molecule has 1 fully saturated rings. The second-order valence-corrected chi connectivity index (χ2v) is 6.80. The lowest BCUT2D eigenvalue weighted by Gasteiger charge is -2.35. The van der Waals surface area contributed by atoms with Gasteiger partial charge in [0, 0.05) is 24.4 Å². The fourth-order valence-corrected chi connectivity index (χ4v) is 3.98. The van der Waals surface area contributed by atoms with Gasteiger partial charge in [-0.2, -0.15) is 0 Å². The second-order valence-electron chi connectivity index (χ2n) is 5.73. The molecule has 0 saturated carbocycles. The molecule has 0 aromatic carbocycles. The van der Waals surface area contributed by atoms with Crippen LogP contribution in [-0.2, 0) is 6.42 Å². The Morgan fingerprint density at radius 2 is 2.11 bits per heavy atom. The highest BCUT2D eigenvalue weighted by Crippen LogP contribution is 2.34. The monoisotopic (exact) mass is 264 g/mol. The summed E-state index contributed by atoms with van der Waals surface area (Å²) in [4.78, 5) is 20.0. The third-order valence-electron chi connectivity index (χ3n) is 4.36. The van der Waals surface area contributed by atoms with Gasteiger partial charge in [-0.05, 0) is 31.1 Å². The van der Waals surface area contributed by atoms with Gasteiger partial charge in [-0.1, -0.05) is 13.8 Å². The van der Waals surface area contributed by atoms with Gasteiger partial charge in [-0.25, -0.2) is 4.98 Å². The Bertz CT molecular complexity index is 468. The number of aromatic nitrogens is 1. The summed E-state index contributed by atoms with van der Waals surface area (Å²) in [5.74, 6) is 1.77. The van der Waals surface area contributed by atoms with Gasteiger partial charge < -0.3 is 4.90 Å². The first-order chi connectivity index (χ1) is 8.65. The molecule has 0 spiro atoms. The number of fused-ring (bicyclic) bond motifs is 1. The van der Waals surface area contributed by atoms with Gasteiger partial charge in [0.25, 0.3) is 0 Å². The predicted octanol–water partition coefficient (Wildman–Crippen LogP) is 3.14. The van der Waals surface area contributed by atoms with Crippen LogP contribution in [0.1, 0.15) is 48.5 Å². The Labute approximate surface area is 112 Å². The quantitative estimate of drug-likeness (QED) is 0.781. The summed E-state index contributed by atoms with van der Waals surface area (Å²) < 4.78 is 0. The summed E-state index contributed by atoms with van der Waals surface area (Å²) in [5, 5.41) is 1.08. The zero-order valence-corrected chi connectivity index (χ0v) is 11.9. The van der Waals surface area contributed by atoms with Crippen molar-refractivity contribution in [2.75, 3.05) is 18.0 Å². The fourth-order valence-electron chi connectivity index (χ4n) is 2.83. The van der Waals surface area contributed by atoms with Crippen LogP contribution in [0.5, 0.6) is 0 Å². The first-order valence-electron chi connectivity index (χ1n) is 6.93. The van der Waals surface area contributed by atoms with Crippen LogP contribution in [0.3, 0.4) is 0 Å². The van der Waals surface area contributed by atoms with Crippen LogP contribution in [0.2, 0.25) is 0 Å². The summed E-state index contributed by atoms with van der Waals surface area (Å²) in [5.41, 5.74) is 0.771. The molecule has 1 aromatic rings. The predicted molar refractivity (Wildman–Crippen MR) is 74.5 cm³/mol. The van der Waals surface area contributed by atoms with Crippen molar-refractivity contribution in [2.45, 2.75) is 39.5 Å². The number of Topliss-reactive ketones (excluding diaryl/α,β-unsaturated/α-hetero) is 1. The Kier molecular flexibility index (Phi) is 3.14. The maximum absolute atomic E-state index is 11.8. The minimum Gasteiger partial charge on any atom is -0.348 e. The van der Waals surface area contributed by atoms with Crippen molar-refractivity contribution in [2.24, 2.45) is 11.8 Å². The molecule has 1 aliphatic heterocycles. The summed E-state index contributed by atoms with van der Waals surface area (Å²) in [6, 6.07) is 0. The van der Waals surface area contributed by atoms with Gasteiger partial charge in [-0.15, -0.1) is 11.3 Å². The number of carbonyl (C=O) groups excluding carboxylic acids is 1. The van der Waals surface area contributed by atoms with E-state index in [0.29, 0.717) is 6.42 Å². The Morgan fingerprint density at radius 3 is 2.83 bits per heavy atom. The summed E-state index contributed by atoms with van der Waals surface area (Å²) in [7, 11) is 0. The average molecular weight is 264 g/mol. The zero-order chi connectivity index (χ0) is 12.7. The normalized spacial score (nSPS) is 28.3. The maximum atomic E-state index is 11.8. The molecule has 2 unspecified atom stereocenters. The number of thiazole rings is 1. The average Bonchev–Trinajstić information content (AvgIpc) is 2.78. The smallest absolute Gasteiger partial charge is 0.186 e. The molecular formula is C14H20N2OS. The van der Waals surface area contributed by atoms with Crippen molar-refractivity contribution in [3.05, 3.63) is 10.6 Å². The molecule has 2 heterocycles. The van der Waals surface area contributed by atoms with E-state index in [1.165, 1.54) is 11.3 Å². The first kappa shape index (κ1) is 12.2. The molecule has 3 rings (SSSR count). The molecule has 3 nitrogen and oxygen atoms in total. The van der Waals surface area contributed by atoms with Crippen molar-refractivity contribution in [1.29, 1.82) is 0 Å². The highest BCUT2D eigenvalue weighted by molar-refractivity contribution is 7.16. The van der Waals surface area contributed by atoms with Crippen molar-refractivity contribution in [1.82, 2.24) is 4.98 Å². The second kappa shape index (κ2) is 4.65. The van der Waals surface area contributed by atoms with Gasteiger partial charge in [0.1, 0.15) is 5.69 Å². The number of piperidine rings is 1. The van der Waals surface area contributed by atoms with Crippen molar-refractivity contribution in [3.8, 4) is 0 Å². The topological polar surface area (TPSA) is 33.2 Å². The van der Waals surface area contributed by atoms with Crippen molar-refractivity contribution < 1.29 is 4.79 Å². The molecule has 0 amide bonds. The molecular weight excluding hydrogens is 244 g/mol. The summed E-state index contributed by atoms with van der Waals surface area (Å²) in [6.07, 6.45) is 3.96. The Balaban J connectivity index is 1.83. The van der Waals surface area contributed by atoms with E-state index >= 15 is 0 Å². The minimum absolute atomic E-state index is 0.247. The van der Waals surface area contributed by atoms with E-state index in [1.807, 2.05) is 0 Å². The van der Waals surface area contributed by atoms with Gasteiger partial charge in [0.05, 0.1) is 0 Å². The van der Waals surface area contributed by atoms with Crippen LogP contribution in [-0.4, -0.2) is 23.9 Å². The van der Waals surface area contributed by atoms with Gasteiger partial charge in [0.2, 0.25) is 0 Å². The molecule has 0 bridgehead atoms. The van der Waals surface area contributed by atoms with E-state index < -0.39 is 0 Å². The third-order valence-corrected chi connectivity index (χ3v) is 5.54. The molecule has 1 saturated heterocycles. The van der Waals surface area contributed by atoms with E-state index in [9.17, 15) is 4.79 Å². The SMILES string of the molecule is CC1CCN(c2nc3c(s2)CCCC3=O)CC1C. The number of hydrogen-bond donors (Lipinski definition) is 0. The number of hydrogen-bond acceptors (Lipinski definition) is 4. The van der Waals surface area contributed by atoms with E-state index in [0.717, 1.165) is 48.6 Å². The zero-order valence-electron chi connectivity index (χ0n) is 11.1. The Morgan fingerprint density at radius 1 is 1.28 bits per heavy atom. The number of nitrogens with zero attached hydrogens (tertiary/aromatic N) is 2. The van der Waals surface area contributed by atoms with Crippen molar-refractivity contribution >= 4 is 22.3 Å². The third kappa shape index (κ3) is 2.07. The van der Waals surface area contributed by atoms with Crippen LogP contribution >= 0.6 is 11.3 Å². The van der Waals surface area contributed by atoms with Gasteiger partial charge in [0.15, 0.2) is 10.9 Å². The standard InChI is InChI=1S/C14H20N2OS/c1-9-6-7-16(8-10(9)2)14-15-13-11(17)4-3-5-12(13)18-14/h9-10H,3-8H2,1-2H3. The van der Waals surface area contributed by atoms with E-state index in [1.54, 1.807) is 11.3 Å². The molecule has 1 aromatic heterocycles. The number of anilines is 1. The largest absolute Gasteiger partial charge is 0.348 e. The molecule has 0 radical (unpaired) electrons. The number of carbonyl (C=O) groups is 1.